The van der Waals surface area contributed by atoms with Crippen molar-refractivity contribution >= 4 is 5.78 Å². The number of ketones is 1. The summed E-state index contributed by atoms with van der Waals surface area (Å²) in [6.45, 7) is 7.48. The number of hydrogen-bond donors (Lipinski definition) is 0. The van der Waals surface area contributed by atoms with Gasteiger partial charge in [-0.25, -0.2) is 0 Å². The van der Waals surface area contributed by atoms with Crippen molar-refractivity contribution in [3.8, 4) is 0 Å². The smallest absolute Gasteiger partial charge is 0.133 e. The summed E-state index contributed by atoms with van der Waals surface area (Å²) < 4.78 is 0. The maximum Gasteiger partial charge on any atom is 0.133 e. The molecule has 0 saturated carbocycles. The Labute approximate surface area is 56.8 Å². The molecule has 1 atom stereocenters. The average Bonchev–Trinajstić information content (AvgIpc) is 1.87. The highest BCUT2D eigenvalue weighted by Crippen LogP contribution is 2.03. The second-order valence-electron chi connectivity index (χ2n) is 2.31. The van der Waals surface area contributed by atoms with Gasteiger partial charge in [-0.05, 0) is 5.92 Å². The molecule has 1 nitrogen and oxygen atoms in total. The Balaban J connectivity index is 3.46. The third-order valence-electron chi connectivity index (χ3n) is 1.35. The topological polar surface area (TPSA) is 17.1 Å². The van der Waals surface area contributed by atoms with Crippen molar-refractivity contribution < 1.29 is 4.79 Å². The first kappa shape index (κ1) is 8.41. The zero-order chi connectivity index (χ0) is 7.28. The van der Waals surface area contributed by atoms with Crippen molar-refractivity contribution in [1.82, 2.24) is 0 Å². The zero-order valence-electron chi connectivity index (χ0n) is 6.18. The van der Waals surface area contributed by atoms with Gasteiger partial charge in [-0.1, -0.05) is 19.9 Å². The Morgan fingerprint density at radius 1 is 1.78 bits per heavy atom. The summed E-state index contributed by atoms with van der Waals surface area (Å²) in [6.07, 6.45) is 3.12. The molecule has 52 valence electrons. The molecule has 0 aromatic heterocycles. The summed E-state index contributed by atoms with van der Waals surface area (Å²) in [4.78, 5) is 10.7. The summed E-state index contributed by atoms with van der Waals surface area (Å²) >= 11 is 0. The Kier molecular flexibility index (Phi) is 4.02. The van der Waals surface area contributed by atoms with Crippen molar-refractivity contribution in [2.75, 3.05) is 0 Å². The number of hydrogen-bond acceptors (Lipinski definition) is 1. The summed E-state index contributed by atoms with van der Waals surface area (Å²) in [5.41, 5.74) is 0. The minimum absolute atomic E-state index is 0.322. The molecule has 0 fully saturated rings. The van der Waals surface area contributed by atoms with Crippen LogP contribution in [-0.4, -0.2) is 5.78 Å². The molecular formula is C8H14O. The van der Waals surface area contributed by atoms with E-state index in [4.69, 9.17) is 0 Å². The van der Waals surface area contributed by atoms with E-state index in [1.165, 1.54) is 0 Å². The molecule has 1 unspecified atom stereocenters. The first-order valence-electron chi connectivity index (χ1n) is 3.35. The molecule has 0 aliphatic carbocycles. The maximum absolute atomic E-state index is 10.7. The number of rotatable bonds is 4. The van der Waals surface area contributed by atoms with Crippen molar-refractivity contribution in [2.24, 2.45) is 5.92 Å². The number of allylic oxidation sites excluding steroid dienone is 1. The molecule has 0 spiro atoms. The fraction of sp³-hybridized carbons (Fsp3) is 0.625. The summed E-state index contributed by atoms with van der Waals surface area (Å²) in [6, 6.07) is 0. The Morgan fingerprint density at radius 3 is 2.67 bits per heavy atom. The third kappa shape index (κ3) is 3.95. The molecule has 9 heavy (non-hydrogen) atoms. The van der Waals surface area contributed by atoms with Crippen molar-refractivity contribution in [3.05, 3.63) is 12.7 Å². The van der Waals surface area contributed by atoms with E-state index < -0.39 is 0 Å². The van der Waals surface area contributed by atoms with Crippen molar-refractivity contribution in [2.45, 2.75) is 26.7 Å². The molecule has 0 amide bonds. The van der Waals surface area contributed by atoms with Crippen LogP contribution in [0.4, 0.5) is 0 Å². The van der Waals surface area contributed by atoms with Crippen LogP contribution in [0.3, 0.4) is 0 Å². The lowest BCUT2D eigenvalue weighted by molar-refractivity contribution is -0.119. The van der Waals surface area contributed by atoms with Crippen LogP contribution < -0.4 is 0 Å². The molecule has 0 radical (unpaired) electrons. The van der Waals surface area contributed by atoms with Gasteiger partial charge in [0.05, 0.1) is 0 Å². The van der Waals surface area contributed by atoms with E-state index in [-0.39, 0.29) is 0 Å². The second kappa shape index (κ2) is 4.30. The molecular weight excluding hydrogens is 112 g/mol. The monoisotopic (exact) mass is 126 g/mol. The van der Waals surface area contributed by atoms with Crippen LogP contribution >= 0.6 is 0 Å². The molecule has 1 heteroatoms. The van der Waals surface area contributed by atoms with Gasteiger partial charge >= 0.3 is 0 Å². The van der Waals surface area contributed by atoms with E-state index in [0.29, 0.717) is 24.5 Å². The highest BCUT2D eigenvalue weighted by molar-refractivity contribution is 5.78. The molecule has 0 aromatic rings. The van der Waals surface area contributed by atoms with Crippen LogP contribution in [0, 0.1) is 5.92 Å². The summed E-state index contributed by atoms with van der Waals surface area (Å²) in [5, 5.41) is 0. The van der Waals surface area contributed by atoms with Gasteiger partial charge in [-0.15, -0.1) is 6.58 Å². The number of carbonyl (C=O) groups excluding carboxylic acids is 1. The van der Waals surface area contributed by atoms with Gasteiger partial charge in [0, 0.05) is 12.8 Å². The minimum Gasteiger partial charge on any atom is -0.300 e. The standard InChI is InChI=1S/C8H14O/c1-4-7(3)6-8(9)5-2/h4,7H,1,5-6H2,2-3H3. The van der Waals surface area contributed by atoms with Crippen LogP contribution in [-0.2, 0) is 4.79 Å². The molecule has 0 aromatic carbocycles. The predicted octanol–water partition coefficient (Wildman–Crippen LogP) is 2.18. The second-order valence-corrected chi connectivity index (χ2v) is 2.31. The van der Waals surface area contributed by atoms with E-state index in [0.717, 1.165) is 0 Å². The van der Waals surface area contributed by atoms with Crippen molar-refractivity contribution in [1.29, 1.82) is 0 Å². The van der Waals surface area contributed by atoms with Crippen molar-refractivity contribution in [3.63, 3.8) is 0 Å². The summed E-state index contributed by atoms with van der Waals surface area (Å²) in [7, 11) is 0. The largest absolute Gasteiger partial charge is 0.300 e. The van der Waals surface area contributed by atoms with Gasteiger partial charge < -0.3 is 0 Å². The van der Waals surface area contributed by atoms with E-state index in [1.807, 2.05) is 19.9 Å². The fourth-order valence-corrected chi connectivity index (χ4v) is 0.587. The maximum atomic E-state index is 10.7. The van der Waals surface area contributed by atoms with E-state index in [2.05, 4.69) is 6.58 Å². The summed E-state index contributed by atoms with van der Waals surface area (Å²) in [5.74, 6) is 0.667. The van der Waals surface area contributed by atoms with Gasteiger partial charge in [0.15, 0.2) is 0 Å². The molecule has 0 aliphatic rings. The lowest BCUT2D eigenvalue weighted by Gasteiger charge is -2.00. The predicted molar refractivity (Wildman–Crippen MR) is 39.3 cm³/mol. The first-order valence-corrected chi connectivity index (χ1v) is 3.35. The number of carbonyl (C=O) groups is 1. The molecule has 0 N–H and O–H groups in total. The van der Waals surface area contributed by atoms with Crippen LogP contribution in [0.25, 0.3) is 0 Å². The van der Waals surface area contributed by atoms with E-state index in [1.54, 1.807) is 0 Å². The van der Waals surface area contributed by atoms with Gasteiger partial charge in [0.25, 0.3) is 0 Å². The van der Waals surface area contributed by atoms with Gasteiger partial charge in [-0.3, -0.25) is 4.79 Å². The molecule has 0 saturated heterocycles. The lowest BCUT2D eigenvalue weighted by atomic mass is 10.0. The van der Waals surface area contributed by atoms with Crippen LogP contribution in [0.2, 0.25) is 0 Å². The van der Waals surface area contributed by atoms with Gasteiger partial charge in [0.2, 0.25) is 0 Å². The third-order valence-corrected chi connectivity index (χ3v) is 1.35. The normalized spacial score (nSPS) is 12.7. The first-order chi connectivity index (χ1) is 4.20. The average molecular weight is 126 g/mol. The van der Waals surface area contributed by atoms with Crippen LogP contribution in [0.15, 0.2) is 12.7 Å². The fourth-order valence-electron chi connectivity index (χ4n) is 0.587. The SMILES string of the molecule is C=CC(C)CC(=O)CC. The molecule has 0 rings (SSSR count). The minimum atomic E-state index is 0.322. The highest BCUT2D eigenvalue weighted by atomic mass is 16.1. The van der Waals surface area contributed by atoms with E-state index >= 15 is 0 Å². The van der Waals surface area contributed by atoms with Crippen LogP contribution in [0.1, 0.15) is 26.7 Å². The molecule has 0 aliphatic heterocycles. The van der Waals surface area contributed by atoms with Crippen LogP contribution in [0.5, 0.6) is 0 Å². The van der Waals surface area contributed by atoms with E-state index in [9.17, 15) is 4.79 Å². The lowest BCUT2D eigenvalue weighted by Crippen LogP contribution is -2.00. The Bertz CT molecular complexity index is 105. The molecule has 0 bridgehead atoms. The Morgan fingerprint density at radius 2 is 2.33 bits per heavy atom. The molecule has 0 heterocycles. The highest BCUT2D eigenvalue weighted by Gasteiger charge is 2.01. The quantitative estimate of drug-likeness (QED) is 0.528. The Hall–Kier alpha value is -0.590. The van der Waals surface area contributed by atoms with Gasteiger partial charge in [-0.2, -0.15) is 0 Å². The van der Waals surface area contributed by atoms with Gasteiger partial charge in [0.1, 0.15) is 5.78 Å². The number of Topliss-reactive ketones (excluding diaryl/α,β-unsaturated/α-hetero) is 1. The zero-order valence-corrected chi connectivity index (χ0v) is 6.18.